The maximum absolute atomic E-state index is 4.84. The molecule has 0 aliphatic carbocycles. The largest absolute Gasteiger partial charge is 0.337 e. The monoisotopic (exact) mass is 380 g/mol. The highest BCUT2D eigenvalue weighted by Gasteiger charge is 2.15. The van der Waals surface area contributed by atoms with Crippen LogP contribution in [0.3, 0.4) is 0 Å². The molecule has 1 N–H and O–H groups in total. The molecule has 0 aliphatic heterocycles. The fourth-order valence-corrected chi connectivity index (χ4v) is 4.23. The van der Waals surface area contributed by atoms with Crippen LogP contribution < -0.4 is 0 Å². The number of nitrogens with one attached hydrogen (secondary N) is 1. The smallest absolute Gasteiger partial charge is 0.148 e. The summed E-state index contributed by atoms with van der Waals surface area (Å²) in [5.74, 6) is 0.872. The summed E-state index contributed by atoms with van der Waals surface area (Å²) < 4.78 is 1.09. The van der Waals surface area contributed by atoms with Gasteiger partial charge in [-0.15, -0.1) is 11.3 Å². The van der Waals surface area contributed by atoms with Crippen molar-refractivity contribution in [3.63, 3.8) is 0 Å². The van der Waals surface area contributed by atoms with Crippen molar-refractivity contribution in [2.45, 2.75) is 0 Å². The average Bonchev–Trinajstić information content (AvgIpc) is 3.21. The van der Waals surface area contributed by atoms with Crippen LogP contribution in [0.25, 0.3) is 43.5 Å². The number of nitrogens with zero attached hydrogens (tertiary/aromatic N) is 3. The second-order valence-electron chi connectivity index (χ2n) is 5.21. The van der Waals surface area contributed by atoms with Gasteiger partial charge < -0.3 is 4.98 Å². The topological polar surface area (TPSA) is 54.5 Å². The van der Waals surface area contributed by atoms with E-state index in [1.165, 1.54) is 0 Å². The predicted molar refractivity (Wildman–Crippen MR) is 97.7 cm³/mol. The Balaban J connectivity index is 1.98. The van der Waals surface area contributed by atoms with Crippen LogP contribution in [0.5, 0.6) is 0 Å². The Labute approximate surface area is 143 Å². The molecule has 5 aromatic rings. The number of hydrogen-bond donors (Lipinski definition) is 1. The van der Waals surface area contributed by atoms with E-state index in [0.717, 1.165) is 47.3 Å². The number of thiophene rings is 1. The minimum Gasteiger partial charge on any atom is -0.337 e. The van der Waals surface area contributed by atoms with Gasteiger partial charge in [0.2, 0.25) is 0 Å². The summed E-state index contributed by atoms with van der Waals surface area (Å²) in [4.78, 5) is 18.5. The Bertz CT molecular complexity index is 1120. The molecule has 110 valence electrons. The highest BCUT2D eigenvalue weighted by molar-refractivity contribution is 9.11. The van der Waals surface area contributed by atoms with Crippen LogP contribution in [0.1, 0.15) is 0 Å². The SMILES string of the molecule is Brc1ccc(-c2nc3c4cccnc4c4ncccc4c3[nH]2)s1. The van der Waals surface area contributed by atoms with Gasteiger partial charge in [0.05, 0.1) is 30.7 Å². The van der Waals surface area contributed by atoms with Crippen molar-refractivity contribution in [1.29, 1.82) is 0 Å². The van der Waals surface area contributed by atoms with Crippen LogP contribution in [-0.2, 0) is 0 Å². The number of fused-ring (bicyclic) bond motifs is 6. The second-order valence-corrected chi connectivity index (χ2v) is 7.67. The highest BCUT2D eigenvalue weighted by atomic mass is 79.9. The first kappa shape index (κ1) is 13.2. The van der Waals surface area contributed by atoms with Crippen molar-refractivity contribution >= 4 is 60.1 Å². The van der Waals surface area contributed by atoms with Crippen LogP contribution >= 0.6 is 27.3 Å². The van der Waals surface area contributed by atoms with Crippen molar-refractivity contribution in [3.8, 4) is 10.7 Å². The van der Waals surface area contributed by atoms with Gasteiger partial charge in [-0.2, -0.15) is 0 Å². The molecule has 0 radical (unpaired) electrons. The van der Waals surface area contributed by atoms with E-state index in [1.807, 2.05) is 24.3 Å². The molecule has 0 saturated heterocycles. The Hall–Kier alpha value is -2.31. The van der Waals surface area contributed by atoms with Crippen molar-refractivity contribution in [1.82, 2.24) is 19.9 Å². The third kappa shape index (κ3) is 1.92. The van der Waals surface area contributed by atoms with Crippen molar-refractivity contribution in [3.05, 3.63) is 52.6 Å². The van der Waals surface area contributed by atoms with Crippen LogP contribution in [0.2, 0.25) is 0 Å². The first-order valence-electron chi connectivity index (χ1n) is 7.08. The summed E-state index contributed by atoms with van der Waals surface area (Å²) in [6.07, 6.45) is 3.60. The van der Waals surface area contributed by atoms with Crippen LogP contribution in [0.4, 0.5) is 0 Å². The zero-order chi connectivity index (χ0) is 15.4. The number of hydrogen-bond acceptors (Lipinski definition) is 4. The summed E-state index contributed by atoms with van der Waals surface area (Å²) in [6, 6.07) is 12.1. The quantitative estimate of drug-likeness (QED) is 0.409. The standard InChI is InChI=1S/C17H9BrN4S/c18-12-6-5-11(23-12)17-21-15-9-3-1-7-19-13(9)14-10(16(15)22-17)4-2-8-20-14/h1-8H,(H,21,22). The molecule has 0 bridgehead atoms. The molecule has 0 amide bonds. The minimum atomic E-state index is 0.872. The molecular formula is C17H9BrN4S. The van der Waals surface area contributed by atoms with Crippen LogP contribution in [0, 0.1) is 0 Å². The Morgan fingerprint density at radius 3 is 2.35 bits per heavy atom. The average molecular weight is 381 g/mol. The zero-order valence-corrected chi connectivity index (χ0v) is 14.1. The second kappa shape index (κ2) is 4.84. The number of pyridine rings is 2. The lowest BCUT2D eigenvalue weighted by atomic mass is 10.1. The molecule has 0 aliphatic rings. The first-order chi connectivity index (χ1) is 11.3. The fraction of sp³-hybridized carbons (Fsp3) is 0. The normalized spacial score (nSPS) is 11.7. The van der Waals surface area contributed by atoms with Crippen LogP contribution in [-0.4, -0.2) is 19.9 Å². The van der Waals surface area contributed by atoms with E-state index in [-0.39, 0.29) is 0 Å². The number of halogens is 1. The third-order valence-corrected chi connectivity index (χ3v) is 5.50. The van der Waals surface area contributed by atoms with Crippen molar-refractivity contribution in [2.75, 3.05) is 0 Å². The molecule has 0 saturated carbocycles. The molecule has 23 heavy (non-hydrogen) atoms. The van der Waals surface area contributed by atoms with Gasteiger partial charge in [0, 0.05) is 23.2 Å². The van der Waals surface area contributed by atoms with Gasteiger partial charge in [-0.3, -0.25) is 9.97 Å². The summed E-state index contributed by atoms with van der Waals surface area (Å²) in [5.41, 5.74) is 3.74. The van der Waals surface area contributed by atoms with Crippen molar-refractivity contribution in [2.24, 2.45) is 0 Å². The molecule has 0 atom stereocenters. The van der Waals surface area contributed by atoms with E-state index >= 15 is 0 Å². The number of aromatic nitrogens is 4. The van der Waals surface area contributed by atoms with Gasteiger partial charge in [0.1, 0.15) is 5.82 Å². The number of benzene rings is 1. The highest BCUT2D eigenvalue weighted by Crippen LogP contribution is 2.35. The molecule has 4 nitrogen and oxygen atoms in total. The van der Waals surface area contributed by atoms with Gasteiger partial charge in [0.15, 0.2) is 0 Å². The van der Waals surface area contributed by atoms with Gasteiger partial charge >= 0.3 is 0 Å². The van der Waals surface area contributed by atoms with Gasteiger partial charge in [-0.1, -0.05) is 0 Å². The lowest BCUT2D eigenvalue weighted by Gasteiger charge is -2.03. The lowest BCUT2D eigenvalue weighted by Crippen LogP contribution is -1.86. The van der Waals surface area contributed by atoms with E-state index in [0.29, 0.717) is 0 Å². The maximum atomic E-state index is 4.84. The van der Waals surface area contributed by atoms with E-state index in [4.69, 9.17) is 4.98 Å². The first-order valence-corrected chi connectivity index (χ1v) is 8.69. The van der Waals surface area contributed by atoms with E-state index < -0.39 is 0 Å². The molecule has 6 heteroatoms. The predicted octanol–water partition coefficient (Wildman–Crippen LogP) is 5.15. The molecule has 0 spiro atoms. The van der Waals surface area contributed by atoms with Gasteiger partial charge in [-0.05, 0) is 52.3 Å². The fourth-order valence-electron chi connectivity index (χ4n) is 2.90. The number of rotatable bonds is 1. The molecule has 0 fully saturated rings. The Morgan fingerprint density at radius 2 is 1.61 bits per heavy atom. The number of aromatic amines is 1. The number of H-pyrrole nitrogens is 1. The Morgan fingerprint density at radius 1 is 0.870 bits per heavy atom. The summed E-state index contributed by atoms with van der Waals surface area (Å²) in [7, 11) is 0. The van der Waals surface area contributed by atoms with E-state index in [9.17, 15) is 0 Å². The molecule has 1 aromatic carbocycles. The zero-order valence-electron chi connectivity index (χ0n) is 11.7. The maximum Gasteiger partial charge on any atom is 0.148 e. The molecule has 4 heterocycles. The lowest BCUT2D eigenvalue weighted by molar-refractivity contribution is 1.36. The molecule has 0 unspecified atom stereocenters. The molecular weight excluding hydrogens is 372 g/mol. The van der Waals surface area contributed by atoms with E-state index in [2.05, 4.69) is 43.0 Å². The van der Waals surface area contributed by atoms with Gasteiger partial charge in [-0.25, -0.2) is 4.98 Å². The molecule has 4 aromatic heterocycles. The summed E-state index contributed by atoms with van der Waals surface area (Å²) in [6.45, 7) is 0. The Kier molecular flexibility index (Phi) is 2.77. The summed E-state index contributed by atoms with van der Waals surface area (Å²) >= 11 is 5.17. The van der Waals surface area contributed by atoms with E-state index in [1.54, 1.807) is 23.7 Å². The molecule has 5 rings (SSSR count). The minimum absolute atomic E-state index is 0.872. The van der Waals surface area contributed by atoms with Crippen molar-refractivity contribution < 1.29 is 0 Å². The third-order valence-electron chi connectivity index (χ3n) is 3.87. The van der Waals surface area contributed by atoms with Gasteiger partial charge in [0.25, 0.3) is 0 Å². The number of imidazole rings is 1. The van der Waals surface area contributed by atoms with Crippen LogP contribution in [0.15, 0.2) is 52.6 Å². The summed E-state index contributed by atoms with van der Waals surface area (Å²) in [5, 5.41) is 2.06.